The van der Waals surface area contributed by atoms with Gasteiger partial charge in [0, 0.05) is 28.7 Å². The van der Waals surface area contributed by atoms with Crippen LogP contribution in [-0.2, 0) is 4.79 Å². The number of benzene rings is 1. The first-order valence-corrected chi connectivity index (χ1v) is 9.38. The summed E-state index contributed by atoms with van der Waals surface area (Å²) < 4.78 is 2.15. The van der Waals surface area contributed by atoms with Crippen molar-refractivity contribution in [3.8, 4) is 11.8 Å². The van der Waals surface area contributed by atoms with Crippen molar-refractivity contribution in [2.75, 3.05) is 5.32 Å². The van der Waals surface area contributed by atoms with E-state index in [-0.39, 0.29) is 5.57 Å². The van der Waals surface area contributed by atoms with Gasteiger partial charge < -0.3 is 4.57 Å². The molecule has 0 bridgehead atoms. The molecule has 0 saturated carbocycles. The number of carbonyl (C=O) groups is 1. The van der Waals surface area contributed by atoms with E-state index in [2.05, 4.69) is 46.9 Å². The highest BCUT2D eigenvalue weighted by Crippen LogP contribution is 2.26. The van der Waals surface area contributed by atoms with Crippen molar-refractivity contribution < 1.29 is 4.79 Å². The van der Waals surface area contributed by atoms with Gasteiger partial charge >= 0.3 is 0 Å². The van der Waals surface area contributed by atoms with Crippen molar-refractivity contribution in [1.82, 2.24) is 9.55 Å². The highest BCUT2D eigenvalue weighted by atomic mass is 32.1. The summed E-state index contributed by atoms with van der Waals surface area (Å²) >= 11 is 1.31. The molecule has 27 heavy (non-hydrogen) atoms. The van der Waals surface area contributed by atoms with Gasteiger partial charge in [-0.3, -0.25) is 10.1 Å². The van der Waals surface area contributed by atoms with Gasteiger partial charge in [-0.1, -0.05) is 12.1 Å². The minimum Gasteiger partial charge on any atom is -0.318 e. The quantitative estimate of drug-likeness (QED) is 0.529. The first kappa shape index (κ1) is 18.6. The number of nitrogens with one attached hydrogen (secondary N) is 1. The Bertz CT molecular complexity index is 1070. The fraction of sp³-hybridized carbons (Fsp3) is 0.190. The molecule has 2 aromatic heterocycles. The first-order chi connectivity index (χ1) is 12.9. The minimum absolute atomic E-state index is 0.0476. The zero-order valence-corrected chi connectivity index (χ0v) is 16.5. The van der Waals surface area contributed by atoms with Crippen LogP contribution in [0.5, 0.6) is 0 Å². The predicted octanol–water partition coefficient (Wildman–Crippen LogP) is 4.71. The SMILES string of the molecule is Cc1ccc(C)c(-n2c(C)cc(/C=C(/C#N)C(=O)Nc3nccs3)c2C)c1. The molecule has 1 N–H and O–H groups in total. The van der Waals surface area contributed by atoms with Crippen LogP contribution in [0.15, 0.2) is 41.4 Å². The largest absolute Gasteiger partial charge is 0.318 e. The van der Waals surface area contributed by atoms with Crippen LogP contribution in [0.3, 0.4) is 0 Å². The van der Waals surface area contributed by atoms with Crippen LogP contribution in [0.4, 0.5) is 5.13 Å². The second kappa shape index (κ2) is 7.60. The van der Waals surface area contributed by atoms with Crippen molar-refractivity contribution in [2.24, 2.45) is 0 Å². The Hall–Kier alpha value is -3.17. The number of rotatable bonds is 4. The molecule has 0 aliphatic rings. The molecule has 3 aromatic rings. The normalized spacial score (nSPS) is 11.3. The van der Waals surface area contributed by atoms with Crippen LogP contribution in [0.25, 0.3) is 11.8 Å². The number of hydrogen-bond donors (Lipinski definition) is 1. The van der Waals surface area contributed by atoms with Crippen LogP contribution in [-0.4, -0.2) is 15.5 Å². The van der Waals surface area contributed by atoms with Crippen molar-refractivity contribution >= 4 is 28.5 Å². The molecular formula is C21H20N4OS. The number of hydrogen-bond acceptors (Lipinski definition) is 4. The summed E-state index contributed by atoms with van der Waals surface area (Å²) in [4.78, 5) is 16.4. The molecule has 0 spiro atoms. The van der Waals surface area contributed by atoms with Crippen LogP contribution in [0.2, 0.25) is 0 Å². The summed E-state index contributed by atoms with van der Waals surface area (Å²) in [6.07, 6.45) is 3.24. The average molecular weight is 376 g/mol. The molecule has 0 radical (unpaired) electrons. The summed E-state index contributed by atoms with van der Waals surface area (Å²) in [5.74, 6) is -0.455. The average Bonchev–Trinajstić information content (AvgIpc) is 3.23. The summed E-state index contributed by atoms with van der Waals surface area (Å²) in [7, 11) is 0. The minimum atomic E-state index is -0.455. The lowest BCUT2D eigenvalue weighted by atomic mass is 10.1. The lowest BCUT2D eigenvalue weighted by Gasteiger charge is -2.13. The van der Waals surface area contributed by atoms with Gasteiger partial charge in [-0.25, -0.2) is 4.98 Å². The molecule has 0 saturated heterocycles. The van der Waals surface area contributed by atoms with Crippen LogP contribution in [0, 0.1) is 39.0 Å². The lowest BCUT2D eigenvalue weighted by Crippen LogP contribution is -2.13. The third-order valence-electron chi connectivity index (χ3n) is 4.39. The molecule has 0 fully saturated rings. The van der Waals surface area contributed by atoms with Gasteiger partial charge in [0.1, 0.15) is 11.6 Å². The number of nitriles is 1. The molecule has 0 atom stereocenters. The molecule has 0 unspecified atom stereocenters. The fourth-order valence-electron chi connectivity index (χ4n) is 3.02. The van der Waals surface area contributed by atoms with Gasteiger partial charge in [-0.05, 0) is 62.6 Å². The van der Waals surface area contributed by atoms with Gasteiger partial charge in [-0.2, -0.15) is 5.26 Å². The van der Waals surface area contributed by atoms with E-state index in [1.165, 1.54) is 22.5 Å². The number of amides is 1. The summed E-state index contributed by atoms with van der Waals surface area (Å²) in [6.45, 7) is 8.15. The molecule has 0 aliphatic heterocycles. The Morgan fingerprint density at radius 1 is 1.26 bits per heavy atom. The van der Waals surface area contributed by atoms with Crippen LogP contribution >= 0.6 is 11.3 Å². The van der Waals surface area contributed by atoms with Gasteiger partial charge in [-0.15, -0.1) is 11.3 Å². The first-order valence-electron chi connectivity index (χ1n) is 8.50. The third kappa shape index (κ3) is 3.83. The molecule has 136 valence electrons. The maximum absolute atomic E-state index is 12.4. The smallest absolute Gasteiger partial charge is 0.268 e. The maximum Gasteiger partial charge on any atom is 0.268 e. The van der Waals surface area contributed by atoms with Gasteiger partial charge in [0.25, 0.3) is 5.91 Å². The monoisotopic (exact) mass is 376 g/mol. The van der Waals surface area contributed by atoms with E-state index >= 15 is 0 Å². The van der Waals surface area contributed by atoms with E-state index in [4.69, 9.17) is 0 Å². The van der Waals surface area contributed by atoms with E-state index < -0.39 is 5.91 Å². The summed E-state index contributed by atoms with van der Waals surface area (Å²) in [5.41, 5.74) is 6.38. The van der Waals surface area contributed by atoms with E-state index in [1.54, 1.807) is 17.7 Å². The number of aromatic nitrogens is 2. The van der Waals surface area contributed by atoms with Gasteiger partial charge in [0.2, 0.25) is 0 Å². The van der Waals surface area contributed by atoms with E-state index in [0.29, 0.717) is 5.13 Å². The molecular weight excluding hydrogens is 356 g/mol. The van der Waals surface area contributed by atoms with Gasteiger partial charge in [0.15, 0.2) is 5.13 Å². The van der Waals surface area contributed by atoms with Crippen LogP contribution in [0.1, 0.15) is 28.1 Å². The lowest BCUT2D eigenvalue weighted by molar-refractivity contribution is -0.112. The molecule has 1 amide bonds. The molecule has 6 heteroatoms. The summed E-state index contributed by atoms with van der Waals surface area (Å²) in [5, 5.41) is 14.3. The zero-order valence-electron chi connectivity index (χ0n) is 15.7. The number of nitrogens with zero attached hydrogens (tertiary/aromatic N) is 3. The van der Waals surface area contributed by atoms with Gasteiger partial charge in [0.05, 0.1) is 0 Å². The molecule has 3 rings (SSSR count). The third-order valence-corrected chi connectivity index (χ3v) is 5.08. The zero-order chi connectivity index (χ0) is 19.6. The van der Waals surface area contributed by atoms with E-state index in [1.807, 2.05) is 26.0 Å². The highest BCUT2D eigenvalue weighted by Gasteiger charge is 2.15. The highest BCUT2D eigenvalue weighted by molar-refractivity contribution is 7.13. The summed E-state index contributed by atoms with van der Waals surface area (Å²) in [6, 6.07) is 10.3. The molecule has 2 heterocycles. The van der Waals surface area contributed by atoms with E-state index in [9.17, 15) is 10.1 Å². The Morgan fingerprint density at radius 3 is 2.70 bits per heavy atom. The molecule has 1 aromatic carbocycles. The Balaban J connectivity index is 2.00. The Labute approximate surface area is 162 Å². The second-order valence-electron chi connectivity index (χ2n) is 6.41. The number of aryl methyl sites for hydroxylation is 3. The Kier molecular flexibility index (Phi) is 5.24. The molecule has 5 nitrogen and oxygen atoms in total. The second-order valence-corrected chi connectivity index (χ2v) is 7.31. The molecule has 0 aliphatic carbocycles. The fourth-order valence-corrected chi connectivity index (χ4v) is 3.54. The van der Waals surface area contributed by atoms with Crippen molar-refractivity contribution in [3.05, 3.63) is 69.5 Å². The van der Waals surface area contributed by atoms with Crippen molar-refractivity contribution in [1.29, 1.82) is 5.26 Å². The van der Waals surface area contributed by atoms with Crippen molar-refractivity contribution in [2.45, 2.75) is 27.7 Å². The number of carbonyl (C=O) groups excluding carboxylic acids is 1. The standard InChI is InChI=1S/C21H20N4OS/c1-13-5-6-14(2)19(9-13)25-15(3)10-17(16(25)4)11-18(12-22)20(26)24-21-23-7-8-27-21/h5-11H,1-4H3,(H,23,24,26)/b18-11-. The van der Waals surface area contributed by atoms with Crippen molar-refractivity contribution in [3.63, 3.8) is 0 Å². The van der Waals surface area contributed by atoms with Crippen LogP contribution < -0.4 is 5.32 Å². The van der Waals surface area contributed by atoms with E-state index in [0.717, 1.165) is 22.6 Å². The Morgan fingerprint density at radius 2 is 2.04 bits per heavy atom. The number of thiazole rings is 1. The maximum atomic E-state index is 12.4. The topological polar surface area (TPSA) is 70.7 Å². The predicted molar refractivity (Wildman–Crippen MR) is 109 cm³/mol. The number of anilines is 1.